The number of ether oxygens (including phenoxy) is 1. The van der Waals surface area contributed by atoms with Crippen LogP contribution in [0, 0.1) is 0 Å². The number of rotatable bonds is 3. The smallest absolute Gasteiger partial charge is 0.264 e. The Kier molecular flexibility index (Phi) is 4.56. The first kappa shape index (κ1) is 17.5. The van der Waals surface area contributed by atoms with Gasteiger partial charge in [-0.25, -0.2) is 0 Å². The van der Waals surface area contributed by atoms with Crippen LogP contribution in [0.25, 0.3) is 11.1 Å². The normalized spacial score (nSPS) is 18.4. The quantitative estimate of drug-likeness (QED) is 0.908. The molecule has 27 heavy (non-hydrogen) atoms. The van der Waals surface area contributed by atoms with Gasteiger partial charge in [0.25, 0.3) is 5.91 Å². The lowest BCUT2D eigenvalue weighted by molar-refractivity contribution is -0.122. The number of likely N-dealkylation sites (N-methyl/N-ethyl adjacent to an activating group) is 1. The van der Waals surface area contributed by atoms with Gasteiger partial charge in [-0.1, -0.05) is 13.0 Å². The third-order valence-electron chi connectivity index (χ3n) is 5.40. The molecule has 6 heteroatoms. The minimum Gasteiger partial charge on any atom is -0.482 e. The maximum absolute atomic E-state index is 11.9. The Balaban J connectivity index is 1.73. The van der Waals surface area contributed by atoms with E-state index in [0.29, 0.717) is 12.2 Å². The first-order chi connectivity index (χ1) is 13.1. The van der Waals surface area contributed by atoms with E-state index in [1.165, 1.54) is 5.56 Å². The summed E-state index contributed by atoms with van der Waals surface area (Å²) in [6.07, 6.45) is 7.15. The molecular weight excluding hydrogens is 342 g/mol. The molecule has 0 saturated heterocycles. The monoisotopic (exact) mass is 365 g/mol. The molecule has 2 amide bonds. The summed E-state index contributed by atoms with van der Waals surface area (Å²) in [5, 5.41) is 3.12. The van der Waals surface area contributed by atoms with Crippen LogP contribution in [-0.2, 0) is 16.0 Å². The van der Waals surface area contributed by atoms with E-state index in [0.717, 1.165) is 41.6 Å². The number of carbonyl (C=O) groups is 2. The van der Waals surface area contributed by atoms with Gasteiger partial charge >= 0.3 is 0 Å². The number of hydrogen-bond acceptors (Lipinski definition) is 4. The van der Waals surface area contributed by atoms with E-state index in [-0.39, 0.29) is 24.5 Å². The molecule has 0 fully saturated rings. The van der Waals surface area contributed by atoms with E-state index in [2.05, 4.69) is 10.3 Å². The second-order valence-electron chi connectivity index (χ2n) is 7.04. The molecule has 1 N–H and O–H groups in total. The largest absolute Gasteiger partial charge is 0.482 e. The van der Waals surface area contributed by atoms with E-state index < -0.39 is 0 Å². The number of nitrogens with zero attached hydrogens (tertiary/aromatic N) is 2. The van der Waals surface area contributed by atoms with Crippen LogP contribution in [0.4, 0.5) is 5.69 Å². The third-order valence-corrected chi connectivity index (χ3v) is 5.40. The predicted molar refractivity (Wildman–Crippen MR) is 103 cm³/mol. The Hall–Kier alpha value is -2.89. The lowest BCUT2D eigenvalue weighted by Crippen LogP contribution is -2.35. The summed E-state index contributed by atoms with van der Waals surface area (Å²) in [7, 11) is 1.76. The summed E-state index contributed by atoms with van der Waals surface area (Å²) in [6.45, 7) is 1.92. The highest BCUT2D eigenvalue weighted by Crippen LogP contribution is 2.39. The van der Waals surface area contributed by atoms with Crippen LogP contribution in [0.5, 0.6) is 5.75 Å². The van der Waals surface area contributed by atoms with E-state index in [1.807, 2.05) is 37.5 Å². The molecule has 6 nitrogen and oxygen atoms in total. The third kappa shape index (κ3) is 3.16. The van der Waals surface area contributed by atoms with Gasteiger partial charge in [-0.05, 0) is 48.1 Å². The molecule has 0 spiro atoms. The molecule has 1 aromatic heterocycles. The Morgan fingerprint density at radius 1 is 1.37 bits per heavy atom. The lowest BCUT2D eigenvalue weighted by atomic mass is 9.84. The molecule has 0 radical (unpaired) electrons. The van der Waals surface area contributed by atoms with Gasteiger partial charge in [0.1, 0.15) is 5.75 Å². The molecule has 1 aliphatic heterocycles. The van der Waals surface area contributed by atoms with E-state index in [9.17, 15) is 9.59 Å². The molecule has 0 saturated carbocycles. The average Bonchev–Trinajstić information content (AvgIpc) is 2.70. The number of carbonyl (C=O) groups excluding carboxylic acids is 2. The Morgan fingerprint density at radius 2 is 2.22 bits per heavy atom. The molecule has 0 bridgehead atoms. The second kappa shape index (κ2) is 7.02. The Morgan fingerprint density at radius 3 is 3.04 bits per heavy atom. The summed E-state index contributed by atoms with van der Waals surface area (Å²) < 4.78 is 5.63. The van der Waals surface area contributed by atoms with Crippen molar-refractivity contribution >= 4 is 17.5 Å². The van der Waals surface area contributed by atoms with Gasteiger partial charge in [0.2, 0.25) is 5.91 Å². The highest BCUT2D eigenvalue weighted by molar-refractivity contribution is 5.97. The van der Waals surface area contributed by atoms with E-state index >= 15 is 0 Å². The SMILES string of the molecule is CCC(=O)N[C@@H]1CCCc2c(-c3ccc4c(c3)OCC(=O)N4C)cncc21. The van der Waals surface area contributed by atoms with Gasteiger partial charge in [-0.15, -0.1) is 0 Å². The molecule has 1 atom stereocenters. The number of aromatic nitrogens is 1. The summed E-state index contributed by atoms with van der Waals surface area (Å²) in [5.74, 6) is 0.718. The van der Waals surface area contributed by atoms with Gasteiger partial charge in [0.05, 0.1) is 11.7 Å². The van der Waals surface area contributed by atoms with Crippen molar-refractivity contribution < 1.29 is 14.3 Å². The van der Waals surface area contributed by atoms with Crippen molar-refractivity contribution in [1.29, 1.82) is 0 Å². The topological polar surface area (TPSA) is 71.5 Å². The maximum Gasteiger partial charge on any atom is 0.264 e. The molecule has 1 aliphatic carbocycles. The Labute approximate surface area is 158 Å². The number of nitrogens with one attached hydrogen (secondary N) is 1. The van der Waals surface area contributed by atoms with Crippen molar-refractivity contribution in [1.82, 2.24) is 10.3 Å². The number of hydrogen-bond donors (Lipinski definition) is 1. The second-order valence-corrected chi connectivity index (χ2v) is 7.04. The molecule has 2 aliphatic rings. The maximum atomic E-state index is 11.9. The van der Waals surface area contributed by atoms with Crippen molar-refractivity contribution in [3.8, 4) is 16.9 Å². The average molecular weight is 365 g/mol. The van der Waals surface area contributed by atoms with Crippen LogP contribution in [0.15, 0.2) is 30.6 Å². The fourth-order valence-electron chi connectivity index (χ4n) is 3.86. The van der Waals surface area contributed by atoms with Crippen LogP contribution in [0.2, 0.25) is 0 Å². The zero-order chi connectivity index (χ0) is 19.0. The highest BCUT2D eigenvalue weighted by atomic mass is 16.5. The van der Waals surface area contributed by atoms with Crippen molar-refractivity contribution in [2.24, 2.45) is 0 Å². The number of fused-ring (bicyclic) bond motifs is 2. The molecular formula is C21H23N3O3. The van der Waals surface area contributed by atoms with Gasteiger partial charge in [-0.3, -0.25) is 14.6 Å². The number of amides is 2. The van der Waals surface area contributed by atoms with Crippen LogP contribution < -0.4 is 15.0 Å². The van der Waals surface area contributed by atoms with Crippen LogP contribution >= 0.6 is 0 Å². The summed E-state index contributed by atoms with van der Waals surface area (Å²) in [5.41, 5.74) is 5.20. The van der Waals surface area contributed by atoms with Gasteiger partial charge in [0.15, 0.2) is 6.61 Å². The van der Waals surface area contributed by atoms with Gasteiger partial charge in [-0.2, -0.15) is 0 Å². The van der Waals surface area contributed by atoms with Gasteiger partial charge in [0, 0.05) is 31.4 Å². The summed E-state index contributed by atoms with van der Waals surface area (Å²) >= 11 is 0. The molecule has 1 aromatic carbocycles. The van der Waals surface area contributed by atoms with Crippen LogP contribution in [0.3, 0.4) is 0 Å². The molecule has 140 valence electrons. The molecule has 2 aromatic rings. The minimum atomic E-state index is -0.0523. The highest BCUT2D eigenvalue weighted by Gasteiger charge is 2.26. The van der Waals surface area contributed by atoms with Crippen molar-refractivity contribution in [3.05, 3.63) is 41.7 Å². The lowest BCUT2D eigenvalue weighted by Gasteiger charge is -2.29. The first-order valence-corrected chi connectivity index (χ1v) is 9.38. The fraction of sp³-hybridized carbons (Fsp3) is 0.381. The van der Waals surface area contributed by atoms with Gasteiger partial charge < -0.3 is 15.0 Å². The standard InChI is InChI=1S/C21H23N3O3/c1-3-20(25)23-17-6-4-5-14-15(10-22-11-16(14)17)13-7-8-18-19(9-13)27-12-21(26)24(18)2/h7-11,17H,3-6,12H2,1-2H3,(H,23,25)/t17-/m1/s1. The zero-order valence-electron chi connectivity index (χ0n) is 15.6. The number of benzene rings is 1. The van der Waals surface area contributed by atoms with Crippen LogP contribution in [-0.4, -0.2) is 30.5 Å². The van der Waals surface area contributed by atoms with Crippen molar-refractivity contribution in [3.63, 3.8) is 0 Å². The van der Waals surface area contributed by atoms with Crippen molar-refractivity contribution in [2.75, 3.05) is 18.6 Å². The van der Waals surface area contributed by atoms with Crippen LogP contribution in [0.1, 0.15) is 43.4 Å². The Bertz CT molecular complexity index is 910. The van der Waals surface area contributed by atoms with E-state index in [1.54, 1.807) is 11.9 Å². The molecule has 4 rings (SSSR count). The zero-order valence-corrected chi connectivity index (χ0v) is 15.6. The predicted octanol–water partition coefficient (Wildman–Crippen LogP) is 3.01. The summed E-state index contributed by atoms with van der Waals surface area (Å²) in [6, 6.07) is 5.92. The molecule has 0 unspecified atom stereocenters. The summed E-state index contributed by atoms with van der Waals surface area (Å²) in [4.78, 5) is 29.8. The van der Waals surface area contributed by atoms with E-state index in [4.69, 9.17) is 4.74 Å². The molecule has 2 heterocycles. The number of anilines is 1. The van der Waals surface area contributed by atoms with Crippen molar-refractivity contribution in [2.45, 2.75) is 38.6 Å². The number of pyridine rings is 1. The fourth-order valence-corrected chi connectivity index (χ4v) is 3.86. The minimum absolute atomic E-state index is 0.0197. The first-order valence-electron chi connectivity index (χ1n) is 9.38.